The molecule has 4 aliphatic carbocycles. The summed E-state index contributed by atoms with van der Waals surface area (Å²) in [6.07, 6.45) is 15.5. The molecule has 45 heavy (non-hydrogen) atoms. The van der Waals surface area contributed by atoms with Crippen molar-refractivity contribution in [2.24, 2.45) is 17.8 Å². The number of ketones is 1. The molecule has 0 amide bonds. The zero-order chi connectivity index (χ0) is 31.2. The van der Waals surface area contributed by atoms with E-state index in [0.29, 0.717) is 25.2 Å². The number of ether oxygens (including phenoxy) is 3. The molecule has 0 aliphatic heterocycles. The number of benzene rings is 3. The van der Waals surface area contributed by atoms with Crippen LogP contribution in [0.2, 0.25) is 0 Å². The fourth-order valence-electron chi connectivity index (χ4n) is 8.19. The van der Waals surface area contributed by atoms with Crippen LogP contribution in [0.15, 0.2) is 78.9 Å². The Hall–Kier alpha value is -4.00. The van der Waals surface area contributed by atoms with Gasteiger partial charge in [-0.05, 0) is 115 Å². The molecule has 7 rings (SSSR count). The predicted molar refractivity (Wildman–Crippen MR) is 176 cm³/mol. The van der Waals surface area contributed by atoms with Crippen LogP contribution in [0.4, 0.5) is 0 Å². The van der Waals surface area contributed by atoms with E-state index in [0.717, 1.165) is 65.0 Å². The molecule has 6 nitrogen and oxygen atoms in total. The molecule has 4 fully saturated rings. The first-order chi connectivity index (χ1) is 21.9. The number of carbonyl (C=O) groups is 2. The minimum absolute atomic E-state index is 0.0143. The first kappa shape index (κ1) is 31.0. The van der Waals surface area contributed by atoms with Crippen LogP contribution in [0.1, 0.15) is 81.5 Å². The summed E-state index contributed by atoms with van der Waals surface area (Å²) in [4.78, 5) is 25.3. The topological polar surface area (TPSA) is 82.1 Å². The van der Waals surface area contributed by atoms with Crippen LogP contribution in [0.25, 0.3) is 12.2 Å². The lowest BCUT2D eigenvalue weighted by molar-refractivity contribution is -0.0190. The summed E-state index contributed by atoms with van der Waals surface area (Å²) < 4.78 is 17.3. The van der Waals surface area contributed by atoms with E-state index in [4.69, 9.17) is 14.2 Å². The largest absolute Gasteiger partial charge is 0.478 e. The Morgan fingerprint density at radius 1 is 0.867 bits per heavy atom. The van der Waals surface area contributed by atoms with Crippen molar-refractivity contribution < 1.29 is 28.9 Å². The van der Waals surface area contributed by atoms with Gasteiger partial charge in [-0.2, -0.15) is 0 Å². The third-order valence-corrected chi connectivity index (χ3v) is 9.84. The summed E-state index contributed by atoms with van der Waals surface area (Å²) in [6, 6.07) is 20.9. The second kappa shape index (κ2) is 14.0. The minimum Gasteiger partial charge on any atom is -0.478 e. The Morgan fingerprint density at radius 2 is 1.53 bits per heavy atom. The molecule has 0 atom stereocenters. The van der Waals surface area contributed by atoms with Crippen molar-refractivity contribution in [3.8, 4) is 5.75 Å². The molecule has 234 valence electrons. The van der Waals surface area contributed by atoms with Crippen molar-refractivity contribution >= 4 is 23.9 Å². The van der Waals surface area contributed by atoms with Gasteiger partial charge in [0.15, 0.2) is 12.6 Å². The van der Waals surface area contributed by atoms with E-state index in [9.17, 15) is 14.7 Å². The Balaban J connectivity index is 1.36. The van der Waals surface area contributed by atoms with E-state index in [-0.39, 0.29) is 23.6 Å². The second-order valence-corrected chi connectivity index (χ2v) is 13.0. The zero-order valence-electron chi connectivity index (χ0n) is 26.0. The molecule has 4 saturated carbocycles. The molecule has 0 spiro atoms. The monoisotopic (exact) mass is 606 g/mol. The van der Waals surface area contributed by atoms with Gasteiger partial charge in [0.2, 0.25) is 0 Å². The lowest BCUT2D eigenvalue weighted by Gasteiger charge is -2.57. The number of hydrogen-bond donors (Lipinski definition) is 1. The number of carbonyl (C=O) groups excluding carboxylic acids is 1. The van der Waals surface area contributed by atoms with Gasteiger partial charge in [0.05, 0.1) is 18.8 Å². The number of hydrogen-bond acceptors (Lipinski definition) is 5. The van der Waals surface area contributed by atoms with E-state index < -0.39 is 5.97 Å². The number of carboxylic acid groups (broad SMARTS) is 1. The van der Waals surface area contributed by atoms with Crippen LogP contribution in [-0.2, 0) is 21.3 Å². The molecule has 3 aromatic carbocycles. The van der Waals surface area contributed by atoms with E-state index >= 15 is 0 Å². The van der Waals surface area contributed by atoms with Crippen molar-refractivity contribution in [2.75, 3.05) is 27.1 Å². The average Bonchev–Trinajstić information content (AvgIpc) is 3.03. The van der Waals surface area contributed by atoms with Gasteiger partial charge in [0.25, 0.3) is 0 Å². The highest BCUT2D eigenvalue weighted by atomic mass is 16.7. The van der Waals surface area contributed by atoms with Crippen molar-refractivity contribution in [1.29, 1.82) is 0 Å². The molecule has 0 heterocycles. The molecule has 6 heteroatoms. The number of rotatable bonds is 14. The Morgan fingerprint density at radius 3 is 2.18 bits per heavy atom. The van der Waals surface area contributed by atoms with Crippen molar-refractivity contribution in [2.45, 2.75) is 50.4 Å². The Kier molecular flexibility index (Phi) is 9.62. The SMILES string of the molecule is COCCOCOc1cc(C/C=C/c2ccccc2)c(C(=O)/C=C/c2ccc(C(=O)O)cc2)cc1C12CC3CC(CC(C3)C1)C2. The van der Waals surface area contributed by atoms with Crippen LogP contribution < -0.4 is 4.74 Å². The van der Waals surface area contributed by atoms with Gasteiger partial charge in [-0.3, -0.25) is 4.79 Å². The minimum atomic E-state index is -0.974. The van der Waals surface area contributed by atoms with Crippen molar-refractivity contribution in [3.63, 3.8) is 0 Å². The van der Waals surface area contributed by atoms with Crippen LogP contribution in [-0.4, -0.2) is 44.0 Å². The summed E-state index contributed by atoms with van der Waals surface area (Å²) in [5, 5.41) is 9.24. The predicted octanol–water partition coefficient (Wildman–Crippen LogP) is 8.00. The molecule has 0 unspecified atom stereocenters. The zero-order valence-corrected chi connectivity index (χ0v) is 26.0. The molecule has 0 saturated heterocycles. The smallest absolute Gasteiger partial charge is 0.335 e. The Labute approximate surface area is 265 Å². The lowest BCUT2D eigenvalue weighted by atomic mass is 9.48. The molecule has 0 radical (unpaired) electrons. The van der Waals surface area contributed by atoms with Gasteiger partial charge in [-0.15, -0.1) is 0 Å². The van der Waals surface area contributed by atoms with E-state index in [1.54, 1.807) is 43.5 Å². The first-order valence-electron chi connectivity index (χ1n) is 16.1. The highest BCUT2D eigenvalue weighted by Gasteiger charge is 2.52. The standard InChI is InChI=1S/C39H42O6/c1-43-16-17-44-26-45-37-21-33(9-5-8-27-6-3-2-4-7-27)34(36(40)15-12-28-10-13-32(14-11-28)38(41)42)22-35(37)39-23-29-18-30(24-39)20-31(19-29)25-39/h2-8,10-15,21-22,29-31H,9,16-20,23-26H2,1H3,(H,41,42)/b8-5+,15-12+. The van der Waals surface area contributed by atoms with Gasteiger partial charge in [0, 0.05) is 18.2 Å². The first-order valence-corrected chi connectivity index (χ1v) is 16.1. The lowest BCUT2D eigenvalue weighted by Crippen LogP contribution is -2.48. The number of carboxylic acids is 1. The molecule has 1 N–H and O–H groups in total. The Bertz CT molecular complexity index is 1520. The van der Waals surface area contributed by atoms with E-state index in [2.05, 4.69) is 36.4 Å². The third-order valence-electron chi connectivity index (χ3n) is 9.84. The molecule has 4 aliphatic rings. The maximum atomic E-state index is 14.0. The maximum Gasteiger partial charge on any atom is 0.335 e. The molecule has 3 aromatic rings. The van der Waals surface area contributed by atoms with Crippen LogP contribution in [0.3, 0.4) is 0 Å². The summed E-state index contributed by atoms with van der Waals surface area (Å²) in [6.45, 7) is 1.08. The molecule has 4 bridgehead atoms. The van der Waals surface area contributed by atoms with Crippen LogP contribution in [0, 0.1) is 17.8 Å². The fourth-order valence-corrected chi connectivity index (χ4v) is 8.19. The fraction of sp³-hybridized carbons (Fsp3) is 0.385. The summed E-state index contributed by atoms with van der Waals surface area (Å²) in [7, 11) is 1.65. The van der Waals surface area contributed by atoms with Crippen molar-refractivity contribution in [1.82, 2.24) is 0 Å². The quantitative estimate of drug-likeness (QED) is 0.0867. The van der Waals surface area contributed by atoms with E-state index in [1.165, 1.54) is 19.3 Å². The van der Waals surface area contributed by atoms with Gasteiger partial charge < -0.3 is 19.3 Å². The summed E-state index contributed by atoms with van der Waals surface area (Å²) in [5.41, 5.74) is 4.84. The van der Waals surface area contributed by atoms with Gasteiger partial charge >= 0.3 is 5.97 Å². The van der Waals surface area contributed by atoms with Gasteiger partial charge in [0.1, 0.15) is 5.75 Å². The normalized spacial score (nSPS) is 23.6. The number of aromatic carboxylic acids is 1. The average molecular weight is 607 g/mol. The molecular weight excluding hydrogens is 564 g/mol. The van der Waals surface area contributed by atoms with Gasteiger partial charge in [-0.1, -0.05) is 60.7 Å². The highest BCUT2D eigenvalue weighted by Crippen LogP contribution is 2.62. The summed E-state index contributed by atoms with van der Waals surface area (Å²) in [5.74, 6) is 1.99. The van der Waals surface area contributed by atoms with Crippen LogP contribution >= 0.6 is 0 Å². The van der Waals surface area contributed by atoms with E-state index in [1.807, 2.05) is 18.2 Å². The number of allylic oxidation sites excluding steroid dienone is 2. The van der Waals surface area contributed by atoms with Crippen molar-refractivity contribution in [3.05, 3.63) is 112 Å². The van der Waals surface area contributed by atoms with Gasteiger partial charge in [-0.25, -0.2) is 4.79 Å². The maximum absolute atomic E-state index is 14.0. The number of methoxy groups -OCH3 is 1. The molecular formula is C39H42O6. The van der Waals surface area contributed by atoms with Crippen LogP contribution in [0.5, 0.6) is 5.75 Å². The third kappa shape index (κ3) is 7.29. The molecule has 0 aromatic heterocycles. The second-order valence-electron chi connectivity index (χ2n) is 13.0. The highest BCUT2D eigenvalue weighted by molar-refractivity contribution is 6.08. The summed E-state index contributed by atoms with van der Waals surface area (Å²) >= 11 is 0.